The Labute approximate surface area is 106 Å². The van der Waals surface area contributed by atoms with Crippen LogP contribution >= 0.6 is 0 Å². The maximum Gasteiger partial charge on any atom is 0.0527 e. The number of likely N-dealkylation sites (tertiary alicyclic amines) is 1. The molecule has 2 N–H and O–H groups in total. The van der Waals surface area contributed by atoms with Gasteiger partial charge in [0.2, 0.25) is 0 Å². The van der Waals surface area contributed by atoms with E-state index in [1.165, 1.54) is 45.1 Å². The molecular weight excluding hydrogens is 212 g/mol. The van der Waals surface area contributed by atoms with Gasteiger partial charge in [-0.2, -0.15) is 0 Å². The van der Waals surface area contributed by atoms with Crippen LogP contribution in [0.1, 0.15) is 51.9 Å². The van der Waals surface area contributed by atoms with Crippen LogP contribution in [-0.2, 0) is 0 Å². The Kier molecular flexibility index (Phi) is 5.26. The van der Waals surface area contributed by atoms with E-state index >= 15 is 0 Å². The Morgan fingerprint density at radius 1 is 1.24 bits per heavy atom. The van der Waals surface area contributed by atoms with Gasteiger partial charge in [-0.15, -0.1) is 0 Å². The number of nitrogens with one attached hydrogen (secondary N) is 1. The average molecular weight is 240 g/mol. The van der Waals surface area contributed by atoms with E-state index in [4.69, 9.17) is 0 Å². The lowest BCUT2D eigenvalue weighted by molar-refractivity contribution is 0.113. The van der Waals surface area contributed by atoms with Crippen molar-refractivity contribution in [3.05, 3.63) is 0 Å². The number of hydrogen-bond acceptors (Lipinski definition) is 3. The summed E-state index contributed by atoms with van der Waals surface area (Å²) < 4.78 is 0. The molecule has 1 aliphatic carbocycles. The summed E-state index contributed by atoms with van der Waals surface area (Å²) in [5, 5.41) is 13.2. The van der Waals surface area contributed by atoms with E-state index in [0.717, 1.165) is 25.6 Å². The summed E-state index contributed by atoms with van der Waals surface area (Å²) in [6, 6.07) is 1.43. The van der Waals surface area contributed by atoms with Crippen LogP contribution in [0, 0.1) is 0 Å². The summed E-state index contributed by atoms with van der Waals surface area (Å²) >= 11 is 0. The molecule has 1 saturated carbocycles. The zero-order chi connectivity index (χ0) is 12.1. The van der Waals surface area contributed by atoms with Crippen LogP contribution in [-0.4, -0.2) is 47.8 Å². The molecular formula is C14H28N2O. The lowest BCUT2D eigenvalue weighted by Gasteiger charge is -2.31. The summed E-state index contributed by atoms with van der Waals surface area (Å²) in [4.78, 5) is 2.61. The molecule has 0 bridgehead atoms. The third-order valence-corrected chi connectivity index (χ3v) is 4.02. The van der Waals surface area contributed by atoms with E-state index in [1.807, 2.05) is 6.92 Å². The zero-order valence-electron chi connectivity index (χ0n) is 11.2. The van der Waals surface area contributed by atoms with Crippen LogP contribution in [0.15, 0.2) is 0 Å². The fourth-order valence-corrected chi connectivity index (χ4v) is 2.89. The predicted molar refractivity (Wildman–Crippen MR) is 71.2 cm³/mol. The summed E-state index contributed by atoms with van der Waals surface area (Å²) in [5.74, 6) is 0. The fourth-order valence-electron chi connectivity index (χ4n) is 2.89. The predicted octanol–water partition coefficient (Wildman–Crippen LogP) is 1.75. The second kappa shape index (κ2) is 6.72. The van der Waals surface area contributed by atoms with Crippen LogP contribution in [0.4, 0.5) is 0 Å². The van der Waals surface area contributed by atoms with E-state index in [2.05, 4.69) is 10.2 Å². The molecule has 0 aromatic heterocycles. The van der Waals surface area contributed by atoms with Crippen molar-refractivity contribution in [1.82, 2.24) is 10.2 Å². The highest BCUT2D eigenvalue weighted by Crippen LogP contribution is 2.21. The monoisotopic (exact) mass is 240 g/mol. The van der Waals surface area contributed by atoms with E-state index in [-0.39, 0.29) is 6.10 Å². The Balaban J connectivity index is 1.75. The molecule has 1 heterocycles. The Morgan fingerprint density at radius 3 is 2.76 bits per heavy atom. The first-order valence-electron chi connectivity index (χ1n) is 7.41. The van der Waals surface area contributed by atoms with Crippen molar-refractivity contribution in [2.45, 2.75) is 70.1 Å². The van der Waals surface area contributed by atoms with Gasteiger partial charge in [-0.3, -0.25) is 4.90 Å². The van der Waals surface area contributed by atoms with Crippen molar-refractivity contribution in [3.8, 4) is 0 Å². The molecule has 2 rings (SSSR count). The van der Waals surface area contributed by atoms with Crippen LogP contribution in [0.5, 0.6) is 0 Å². The standard InChI is InChI=1S/C14H28N2O/c1-12(17)11-14-5-3-2-4-9-16(14)10-8-15-13-6-7-13/h12-15,17H,2-11H2,1H3. The topological polar surface area (TPSA) is 35.5 Å². The maximum atomic E-state index is 9.60. The van der Waals surface area contributed by atoms with Gasteiger partial charge < -0.3 is 10.4 Å². The molecule has 2 fully saturated rings. The molecule has 1 aliphatic heterocycles. The van der Waals surface area contributed by atoms with Gasteiger partial charge in [0.15, 0.2) is 0 Å². The van der Waals surface area contributed by atoms with E-state index in [9.17, 15) is 5.11 Å². The van der Waals surface area contributed by atoms with Crippen LogP contribution in [0.2, 0.25) is 0 Å². The van der Waals surface area contributed by atoms with Crippen molar-refractivity contribution < 1.29 is 5.11 Å². The first-order chi connectivity index (χ1) is 8.25. The fraction of sp³-hybridized carbons (Fsp3) is 1.00. The zero-order valence-corrected chi connectivity index (χ0v) is 11.2. The first kappa shape index (κ1) is 13.3. The molecule has 0 aromatic carbocycles. The quantitative estimate of drug-likeness (QED) is 0.742. The van der Waals surface area contributed by atoms with Crippen LogP contribution < -0.4 is 5.32 Å². The molecule has 100 valence electrons. The van der Waals surface area contributed by atoms with Gasteiger partial charge in [0.05, 0.1) is 6.10 Å². The smallest absolute Gasteiger partial charge is 0.0527 e. The van der Waals surface area contributed by atoms with Gasteiger partial charge in [0, 0.05) is 25.2 Å². The minimum absolute atomic E-state index is 0.156. The summed E-state index contributed by atoms with van der Waals surface area (Å²) in [6.07, 6.45) is 8.84. The van der Waals surface area contributed by atoms with Gasteiger partial charge in [-0.1, -0.05) is 12.8 Å². The van der Waals surface area contributed by atoms with Crippen molar-refractivity contribution in [2.75, 3.05) is 19.6 Å². The molecule has 1 saturated heterocycles. The summed E-state index contributed by atoms with van der Waals surface area (Å²) in [5.41, 5.74) is 0. The van der Waals surface area contributed by atoms with Crippen molar-refractivity contribution >= 4 is 0 Å². The molecule has 17 heavy (non-hydrogen) atoms. The third-order valence-electron chi connectivity index (χ3n) is 4.02. The Morgan fingerprint density at radius 2 is 2.06 bits per heavy atom. The highest BCUT2D eigenvalue weighted by atomic mass is 16.3. The Bertz CT molecular complexity index is 216. The average Bonchev–Trinajstić information content (AvgIpc) is 3.07. The van der Waals surface area contributed by atoms with E-state index in [0.29, 0.717) is 6.04 Å². The van der Waals surface area contributed by atoms with E-state index in [1.54, 1.807) is 0 Å². The van der Waals surface area contributed by atoms with Crippen molar-refractivity contribution in [3.63, 3.8) is 0 Å². The van der Waals surface area contributed by atoms with Gasteiger partial charge in [-0.05, 0) is 45.6 Å². The van der Waals surface area contributed by atoms with Gasteiger partial charge in [0.1, 0.15) is 0 Å². The molecule has 2 atom stereocenters. The van der Waals surface area contributed by atoms with Gasteiger partial charge in [0.25, 0.3) is 0 Å². The van der Waals surface area contributed by atoms with Gasteiger partial charge >= 0.3 is 0 Å². The molecule has 0 aromatic rings. The largest absolute Gasteiger partial charge is 0.393 e. The number of rotatable bonds is 6. The maximum absolute atomic E-state index is 9.60. The lowest BCUT2D eigenvalue weighted by atomic mass is 10.0. The lowest BCUT2D eigenvalue weighted by Crippen LogP contribution is -2.41. The molecule has 3 nitrogen and oxygen atoms in total. The second-order valence-electron chi connectivity index (χ2n) is 5.85. The molecule has 3 heteroatoms. The van der Waals surface area contributed by atoms with Gasteiger partial charge in [-0.25, -0.2) is 0 Å². The molecule has 0 amide bonds. The highest BCUT2D eigenvalue weighted by Gasteiger charge is 2.24. The number of aliphatic hydroxyl groups is 1. The number of nitrogens with zero attached hydrogens (tertiary/aromatic N) is 1. The molecule has 0 spiro atoms. The van der Waals surface area contributed by atoms with Crippen molar-refractivity contribution in [1.29, 1.82) is 0 Å². The minimum atomic E-state index is -0.156. The van der Waals surface area contributed by atoms with Crippen molar-refractivity contribution in [2.24, 2.45) is 0 Å². The SMILES string of the molecule is CC(O)CC1CCCCCN1CCNC1CC1. The summed E-state index contributed by atoms with van der Waals surface area (Å²) in [7, 11) is 0. The molecule has 2 unspecified atom stereocenters. The highest BCUT2D eigenvalue weighted by molar-refractivity contribution is 4.82. The van der Waals surface area contributed by atoms with E-state index < -0.39 is 0 Å². The Hall–Kier alpha value is -0.120. The molecule has 0 radical (unpaired) electrons. The summed E-state index contributed by atoms with van der Waals surface area (Å²) in [6.45, 7) is 5.43. The molecule has 2 aliphatic rings. The number of aliphatic hydroxyl groups excluding tert-OH is 1. The van der Waals surface area contributed by atoms with Crippen LogP contribution in [0.3, 0.4) is 0 Å². The minimum Gasteiger partial charge on any atom is -0.393 e. The van der Waals surface area contributed by atoms with Crippen LogP contribution in [0.25, 0.3) is 0 Å². The second-order valence-corrected chi connectivity index (χ2v) is 5.85. The first-order valence-corrected chi connectivity index (χ1v) is 7.41. The third kappa shape index (κ3) is 4.94. The number of hydrogen-bond donors (Lipinski definition) is 2. The normalized spacial score (nSPS) is 28.9.